The van der Waals surface area contributed by atoms with Crippen LogP contribution in [0, 0.1) is 6.92 Å². The van der Waals surface area contributed by atoms with Crippen LogP contribution in [0.5, 0.6) is 5.75 Å². The quantitative estimate of drug-likeness (QED) is 0.687. The van der Waals surface area contributed by atoms with Crippen molar-refractivity contribution in [2.75, 3.05) is 13.7 Å². The second kappa shape index (κ2) is 4.60. The number of pyridine rings is 1. The summed E-state index contributed by atoms with van der Waals surface area (Å²) in [6.07, 6.45) is 1.46. The van der Waals surface area contributed by atoms with Gasteiger partial charge < -0.3 is 9.47 Å². The predicted octanol–water partition coefficient (Wildman–Crippen LogP) is 1.58. The Morgan fingerprint density at radius 3 is 2.86 bits per heavy atom. The largest absolute Gasteiger partial charge is 0.496 e. The molecule has 0 radical (unpaired) electrons. The predicted molar refractivity (Wildman–Crippen MR) is 51.5 cm³/mol. The molecule has 0 amide bonds. The standard InChI is InChI=1S/C10H13NO3/c1-4-14-10(12)8-6-11-7(2)5-9(8)13-3/h5-6H,4H2,1-3H3. The normalized spacial score (nSPS) is 9.64. The third kappa shape index (κ3) is 2.22. The van der Waals surface area contributed by atoms with Crippen LogP contribution >= 0.6 is 0 Å². The topological polar surface area (TPSA) is 48.4 Å². The van der Waals surface area contributed by atoms with Crippen molar-refractivity contribution in [1.29, 1.82) is 0 Å². The Labute approximate surface area is 82.9 Å². The maximum Gasteiger partial charge on any atom is 0.343 e. The zero-order chi connectivity index (χ0) is 10.6. The van der Waals surface area contributed by atoms with Crippen LogP contribution in [-0.2, 0) is 4.74 Å². The van der Waals surface area contributed by atoms with E-state index in [-0.39, 0.29) is 0 Å². The lowest BCUT2D eigenvalue weighted by atomic mass is 10.2. The second-order valence-electron chi connectivity index (χ2n) is 2.75. The molecule has 0 fully saturated rings. The number of methoxy groups -OCH3 is 1. The third-order valence-electron chi connectivity index (χ3n) is 1.72. The molecule has 14 heavy (non-hydrogen) atoms. The van der Waals surface area contributed by atoms with Crippen molar-refractivity contribution in [3.8, 4) is 5.75 Å². The molecule has 4 heteroatoms. The van der Waals surface area contributed by atoms with E-state index in [1.54, 1.807) is 13.0 Å². The van der Waals surface area contributed by atoms with Gasteiger partial charge in [-0.25, -0.2) is 4.79 Å². The highest BCUT2D eigenvalue weighted by Crippen LogP contribution is 2.18. The lowest BCUT2D eigenvalue weighted by molar-refractivity contribution is 0.0522. The molecular formula is C10H13NO3. The fourth-order valence-electron chi connectivity index (χ4n) is 1.07. The minimum absolute atomic E-state index is 0.343. The molecule has 0 aromatic carbocycles. The molecule has 0 saturated heterocycles. The zero-order valence-electron chi connectivity index (χ0n) is 8.53. The van der Waals surface area contributed by atoms with Gasteiger partial charge in [0.05, 0.1) is 13.7 Å². The number of carbonyl (C=O) groups is 1. The van der Waals surface area contributed by atoms with Crippen LogP contribution in [0.25, 0.3) is 0 Å². The van der Waals surface area contributed by atoms with Crippen molar-refractivity contribution < 1.29 is 14.3 Å². The van der Waals surface area contributed by atoms with Crippen LogP contribution in [0.3, 0.4) is 0 Å². The summed E-state index contributed by atoms with van der Waals surface area (Å²) in [5.74, 6) is 0.0906. The van der Waals surface area contributed by atoms with Crippen molar-refractivity contribution >= 4 is 5.97 Å². The van der Waals surface area contributed by atoms with Gasteiger partial charge in [-0.15, -0.1) is 0 Å². The first-order valence-corrected chi connectivity index (χ1v) is 4.36. The first-order chi connectivity index (χ1) is 6.69. The lowest BCUT2D eigenvalue weighted by Gasteiger charge is -2.07. The number of ether oxygens (including phenoxy) is 2. The molecule has 0 aliphatic carbocycles. The summed E-state index contributed by atoms with van der Waals surface area (Å²) in [6.45, 7) is 3.93. The molecule has 0 spiro atoms. The van der Waals surface area contributed by atoms with Crippen molar-refractivity contribution in [2.45, 2.75) is 13.8 Å². The molecule has 0 saturated carbocycles. The monoisotopic (exact) mass is 195 g/mol. The molecule has 1 heterocycles. The van der Waals surface area contributed by atoms with E-state index < -0.39 is 5.97 Å². The van der Waals surface area contributed by atoms with Crippen LogP contribution in [0.2, 0.25) is 0 Å². The van der Waals surface area contributed by atoms with Crippen molar-refractivity contribution in [3.63, 3.8) is 0 Å². The molecular weight excluding hydrogens is 182 g/mol. The minimum Gasteiger partial charge on any atom is -0.496 e. The first-order valence-electron chi connectivity index (χ1n) is 4.36. The molecule has 1 aromatic heterocycles. The van der Waals surface area contributed by atoms with E-state index in [1.807, 2.05) is 6.92 Å². The molecule has 0 bridgehead atoms. The third-order valence-corrected chi connectivity index (χ3v) is 1.72. The Balaban J connectivity index is 3.01. The molecule has 76 valence electrons. The van der Waals surface area contributed by atoms with E-state index in [0.29, 0.717) is 17.9 Å². The number of hydrogen-bond acceptors (Lipinski definition) is 4. The summed E-state index contributed by atoms with van der Waals surface area (Å²) in [6, 6.07) is 1.70. The summed E-state index contributed by atoms with van der Waals surface area (Å²) in [4.78, 5) is 15.4. The Kier molecular flexibility index (Phi) is 3.45. The van der Waals surface area contributed by atoms with Gasteiger partial charge in [0, 0.05) is 18.0 Å². The molecule has 0 unspecified atom stereocenters. The Hall–Kier alpha value is -1.58. The summed E-state index contributed by atoms with van der Waals surface area (Å²) < 4.78 is 9.90. The number of esters is 1. The molecule has 0 atom stereocenters. The number of aryl methyl sites for hydroxylation is 1. The second-order valence-corrected chi connectivity index (χ2v) is 2.75. The van der Waals surface area contributed by atoms with Gasteiger partial charge in [0.2, 0.25) is 0 Å². The highest BCUT2D eigenvalue weighted by Gasteiger charge is 2.13. The van der Waals surface area contributed by atoms with Crippen LogP contribution in [-0.4, -0.2) is 24.7 Å². The highest BCUT2D eigenvalue weighted by atomic mass is 16.5. The van der Waals surface area contributed by atoms with Gasteiger partial charge in [0.1, 0.15) is 11.3 Å². The average Bonchev–Trinajstić information content (AvgIpc) is 2.17. The van der Waals surface area contributed by atoms with E-state index >= 15 is 0 Å². The molecule has 0 aliphatic heterocycles. The van der Waals surface area contributed by atoms with Crippen LogP contribution in [0.15, 0.2) is 12.3 Å². The number of nitrogens with zero attached hydrogens (tertiary/aromatic N) is 1. The smallest absolute Gasteiger partial charge is 0.343 e. The average molecular weight is 195 g/mol. The number of rotatable bonds is 3. The van der Waals surface area contributed by atoms with Crippen molar-refractivity contribution in [1.82, 2.24) is 4.98 Å². The van der Waals surface area contributed by atoms with Gasteiger partial charge in [-0.05, 0) is 13.8 Å². The van der Waals surface area contributed by atoms with E-state index in [0.717, 1.165) is 5.69 Å². The summed E-state index contributed by atoms with van der Waals surface area (Å²) in [7, 11) is 1.51. The van der Waals surface area contributed by atoms with E-state index in [9.17, 15) is 4.79 Å². The minimum atomic E-state index is -0.406. The van der Waals surface area contributed by atoms with E-state index in [2.05, 4.69) is 4.98 Å². The van der Waals surface area contributed by atoms with Gasteiger partial charge >= 0.3 is 5.97 Å². The molecule has 0 aliphatic rings. The maximum absolute atomic E-state index is 11.4. The van der Waals surface area contributed by atoms with Crippen LogP contribution in [0.1, 0.15) is 23.0 Å². The van der Waals surface area contributed by atoms with E-state index in [4.69, 9.17) is 9.47 Å². The molecule has 1 rings (SSSR count). The van der Waals surface area contributed by atoms with E-state index in [1.165, 1.54) is 13.3 Å². The summed E-state index contributed by atoms with van der Waals surface area (Å²) in [5, 5.41) is 0. The Bertz CT molecular complexity index is 336. The van der Waals surface area contributed by atoms with Crippen LogP contribution < -0.4 is 4.74 Å². The zero-order valence-corrected chi connectivity index (χ0v) is 8.53. The number of carbonyl (C=O) groups excluding carboxylic acids is 1. The number of hydrogen-bond donors (Lipinski definition) is 0. The molecule has 0 N–H and O–H groups in total. The fraction of sp³-hybridized carbons (Fsp3) is 0.400. The Morgan fingerprint density at radius 2 is 2.29 bits per heavy atom. The van der Waals surface area contributed by atoms with Gasteiger partial charge in [0.25, 0.3) is 0 Å². The maximum atomic E-state index is 11.4. The van der Waals surface area contributed by atoms with Crippen LogP contribution in [0.4, 0.5) is 0 Å². The highest BCUT2D eigenvalue weighted by molar-refractivity contribution is 5.92. The van der Waals surface area contributed by atoms with Gasteiger partial charge in [-0.2, -0.15) is 0 Å². The van der Waals surface area contributed by atoms with Crippen molar-refractivity contribution in [3.05, 3.63) is 23.5 Å². The fourth-order valence-corrected chi connectivity index (χ4v) is 1.07. The SMILES string of the molecule is CCOC(=O)c1cnc(C)cc1OC. The molecule has 4 nitrogen and oxygen atoms in total. The van der Waals surface area contributed by atoms with Gasteiger partial charge in [-0.1, -0.05) is 0 Å². The number of aromatic nitrogens is 1. The Morgan fingerprint density at radius 1 is 1.57 bits per heavy atom. The molecule has 1 aromatic rings. The van der Waals surface area contributed by atoms with Gasteiger partial charge in [-0.3, -0.25) is 4.98 Å². The first kappa shape index (κ1) is 10.5. The lowest BCUT2D eigenvalue weighted by Crippen LogP contribution is -2.07. The summed E-state index contributed by atoms with van der Waals surface area (Å²) >= 11 is 0. The summed E-state index contributed by atoms with van der Waals surface area (Å²) in [5.41, 5.74) is 1.16. The van der Waals surface area contributed by atoms with Gasteiger partial charge in [0.15, 0.2) is 0 Å². The van der Waals surface area contributed by atoms with Crippen molar-refractivity contribution in [2.24, 2.45) is 0 Å².